The monoisotopic (exact) mass is 316 g/mol. The van der Waals surface area contributed by atoms with Crippen LogP contribution in [0.4, 0.5) is 0 Å². The van der Waals surface area contributed by atoms with E-state index in [1.807, 2.05) is 6.08 Å². The van der Waals surface area contributed by atoms with Crippen molar-refractivity contribution in [3.05, 3.63) is 12.3 Å². The largest absolute Gasteiger partial charge is 0.493 e. The van der Waals surface area contributed by atoms with Crippen LogP contribution < -0.4 is 0 Å². The van der Waals surface area contributed by atoms with E-state index < -0.39 is 31.0 Å². The van der Waals surface area contributed by atoms with Gasteiger partial charge in [-0.3, -0.25) is 0 Å². The highest BCUT2D eigenvalue weighted by Gasteiger charge is 2.41. The minimum Gasteiger partial charge on any atom is -0.493 e. The van der Waals surface area contributed by atoms with Crippen LogP contribution in [0.2, 0.25) is 0 Å². The molecule has 0 bridgehead atoms. The molecule has 4 atom stereocenters. The molecule has 130 valence electrons. The van der Waals surface area contributed by atoms with Crippen LogP contribution in [0.3, 0.4) is 0 Å². The molecule has 0 aliphatic carbocycles. The molecule has 5 nitrogen and oxygen atoms in total. The molecule has 0 aromatic heterocycles. The first kappa shape index (κ1) is 19.4. The second kappa shape index (κ2) is 11.9. The normalized spacial score (nSPS) is 26.6. The Hall–Kier alpha value is -0.620. The summed E-state index contributed by atoms with van der Waals surface area (Å²) in [6.45, 7) is 1.94. The molecule has 0 amide bonds. The van der Waals surface area contributed by atoms with Gasteiger partial charge in [0.05, 0.1) is 19.5 Å². The van der Waals surface area contributed by atoms with Gasteiger partial charge in [-0.2, -0.15) is 0 Å². The average Bonchev–Trinajstić information content (AvgIpc) is 2.89. The molecule has 22 heavy (non-hydrogen) atoms. The Morgan fingerprint density at radius 2 is 1.86 bits per heavy atom. The summed E-state index contributed by atoms with van der Waals surface area (Å²) in [5, 5.41) is 28.3. The Balaban J connectivity index is 2.11. The van der Waals surface area contributed by atoms with E-state index in [0.29, 0.717) is 0 Å². The fourth-order valence-electron chi connectivity index (χ4n) is 2.65. The second-order valence-corrected chi connectivity index (χ2v) is 6.00. The summed E-state index contributed by atoms with van der Waals surface area (Å²) >= 11 is 0. The number of hydrogen-bond donors (Lipinski definition) is 3. The molecule has 0 aromatic rings. The van der Waals surface area contributed by atoms with Crippen LogP contribution in [-0.4, -0.2) is 52.9 Å². The predicted octanol–water partition coefficient (Wildman–Crippen LogP) is 2.14. The van der Waals surface area contributed by atoms with Gasteiger partial charge in [0.1, 0.15) is 18.3 Å². The predicted molar refractivity (Wildman–Crippen MR) is 85.5 cm³/mol. The van der Waals surface area contributed by atoms with Gasteiger partial charge >= 0.3 is 0 Å². The van der Waals surface area contributed by atoms with E-state index in [9.17, 15) is 10.2 Å². The summed E-state index contributed by atoms with van der Waals surface area (Å²) in [5.41, 5.74) is 0. The van der Waals surface area contributed by atoms with E-state index >= 15 is 0 Å². The quantitative estimate of drug-likeness (QED) is 0.380. The van der Waals surface area contributed by atoms with Gasteiger partial charge < -0.3 is 24.8 Å². The number of ether oxygens (including phenoxy) is 2. The van der Waals surface area contributed by atoms with Crippen molar-refractivity contribution in [3.63, 3.8) is 0 Å². The summed E-state index contributed by atoms with van der Waals surface area (Å²) in [5.74, 6) is 0. The molecular weight excluding hydrogens is 284 g/mol. The van der Waals surface area contributed by atoms with Gasteiger partial charge in [0.25, 0.3) is 0 Å². The van der Waals surface area contributed by atoms with Gasteiger partial charge in [-0.25, -0.2) is 0 Å². The smallest absolute Gasteiger partial charge is 0.154 e. The highest BCUT2D eigenvalue weighted by atomic mass is 16.6. The molecule has 0 unspecified atom stereocenters. The fourth-order valence-corrected chi connectivity index (χ4v) is 2.65. The first-order valence-corrected chi connectivity index (χ1v) is 8.59. The third kappa shape index (κ3) is 7.09. The van der Waals surface area contributed by atoms with Crippen LogP contribution in [0.1, 0.15) is 58.3 Å². The van der Waals surface area contributed by atoms with Gasteiger partial charge in [-0.1, -0.05) is 45.4 Å². The maximum absolute atomic E-state index is 9.77. The van der Waals surface area contributed by atoms with Crippen molar-refractivity contribution in [3.8, 4) is 0 Å². The maximum Gasteiger partial charge on any atom is 0.154 e. The Kier molecular flexibility index (Phi) is 10.5. The van der Waals surface area contributed by atoms with E-state index in [2.05, 4.69) is 6.92 Å². The van der Waals surface area contributed by atoms with Gasteiger partial charge in [0, 0.05) is 0 Å². The van der Waals surface area contributed by atoms with Crippen molar-refractivity contribution >= 4 is 0 Å². The van der Waals surface area contributed by atoms with Crippen molar-refractivity contribution in [1.82, 2.24) is 0 Å². The minimum absolute atomic E-state index is 0.123. The molecule has 0 radical (unpaired) electrons. The standard InChI is InChI=1S/C17H32O5/c1-2-3-4-5-6-7-8-9-10-11-21-17-15(20)13-22-16(17)14(19)12-18/h10-11,14-20H,2-9,12-13H2,1H3/b11-10+/t14-,15+,16-,17-/m1/s1. The molecule has 5 heteroatoms. The van der Waals surface area contributed by atoms with E-state index in [4.69, 9.17) is 14.6 Å². The molecule has 3 N–H and O–H groups in total. The first-order chi connectivity index (χ1) is 10.7. The minimum atomic E-state index is -1.03. The number of aliphatic hydroxyl groups is 3. The Morgan fingerprint density at radius 1 is 1.18 bits per heavy atom. The van der Waals surface area contributed by atoms with Gasteiger partial charge in [-0.15, -0.1) is 0 Å². The number of allylic oxidation sites excluding steroid dienone is 1. The van der Waals surface area contributed by atoms with Gasteiger partial charge in [-0.05, 0) is 18.9 Å². The molecule has 1 saturated heterocycles. The summed E-state index contributed by atoms with van der Waals surface area (Å²) in [6.07, 6.45) is 10.3. The zero-order valence-corrected chi connectivity index (χ0v) is 13.7. The molecule has 0 aromatic carbocycles. The van der Waals surface area contributed by atoms with Crippen LogP contribution in [0, 0.1) is 0 Å². The lowest BCUT2D eigenvalue weighted by Gasteiger charge is -2.22. The molecular formula is C17H32O5. The van der Waals surface area contributed by atoms with Crippen molar-refractivity contribution in [2.45, 2.75) is 82.7 Å². The molecule has 1 heterocycles. The lowest BCUT2D eigenvalue weighted by molar-refractivity contribution is -0.0721. The zero-order chi connectivity index (χ0) is 16.2. The third-order valence-corrected chi connectivity index (χ3v) is 4.04. The van der Waals surface area contributed by atoms with Crippen LogP contribution in [-0.2, 0) is 9.47 Å². The fraction of sp³-hybridized carbons (Fsp3) is 0.882. The zero-order valence-electron chi connectivity index (χ0n) is 13.7. The van der Waals surface area contributed by atoms with Crippen LogP contribution in [0.25, 0.3) is 0 Å². The Bertz CT molecular complexity index is 295. The number of aliphatic hydroxyl groups excluding tert-OH is 3. The molecule has 0 saturated carbocycles. The van der Waals surface area contributed by atoms with Crippen molar-refractivity contribution in [2.75, 3.05) is 13.2 Å². The number of unbranched alkanes of at least 4 members (excludes halogenated alkanes) is 7. The second-order valence-electron chi connectivity index (χ2n) is 6.00. The molecule has 1 rings (SSSR count). The van der Waals surface area contributed by atoms with Crippen molar-refractivity contribution < 1.29 is 24.8 Å². The van der Waals surface area contributed by atoms with Crippen LogP contribution in [0.5, 0.6) is 0 Å². The summed E-state index contributed by atoms with van der Waals surface area (Å²) in [6, 6.07) is 0. The first-order valence-electron chi connectivity index (χ1n) is 8.59. The van der Waals surface area contributed by atoms with E-state index in [1.54, 1.807) is 6.26 Å². The Morgan fingerprint density at radius 3 is 2.55 bits per heavy atom. The highest BCUT2D eigenvalue weighted by Crippen LogP contribution is 2.21. The van der Waals surface area contributed by atoms with Crippen molar-refractivity contribution in [1.29, 1.82) is 0 Å². The molecule has 0 spiro atoms. The summed E-state index contributed by atoms with van der Waals surface area (Å²) in [4.78, 5) is 0. The number of rotatable bonds is 12. The van der Waals surface area contributed by atoms with E-state index in [-0.39, 0.29) is 6.61 Å². The summed E-state index contributed by atoms with van der Waals surface area (Å²) < 4.78 is 10.7. The van der Waals surface area contributed by atoms with Crippen molar-refractivity contribution in [2.24, 2.45) is 0 Å². The summed E-state index contributed by atoms with van der Waals surface area (Å²) in [7, 11) is 0. The Labute approximate surface area is 133 Å². The molecule has 1 aliphatic rings. The highest BCUT2D eigenvalue weighted by molar-refractivity contribution is 4.91. The van der Waals surface area contributed by atoms with E-state index in [0.717, 1.165) is 12.8 Å². The van der Waals surface area contributed by atoms with Gasteiger partial charge in [0.15, 0.2) is 6.10 Å². The maximum atomic E-state index is 9.77. The van der Waals surface area contributed by atoms with E-state index in [1.165, 1.54) is 38.5 Å². The SMILES string of the molecule is CCCCCCCCC/C=C/O[C@H]1[C@@H]([C@H](O)CO)OC[C@@H]1O. The molecule has 1 fully saturated rings. The number of hydrogen-bond acceptors (Lipinski definition) is 5. The molecule has 1 aliphatic heterocycles. The third-order valence-electron chi connectivity index (χ3n) is 4.04. The lowest BCUT2D eigenvalue weighted by atomic mass is 10.1. The lowest BCUT2D eigenvalue weighted by Crippen LogP contribution is -2.41. The van der Waals surface area contributed by atoms with Crippen LogP contribution >= 0.6 is 0 Å². The van der Waals surface area contributed by atoms with Gasteiger partial charge in [0.2, 0.25) is 0 Å². The topological polar surface area (TPSA) is 79.2 Å². The van der Waals surface area contributed by atoms with Crippen LogP contribution in [0.15, 0.2) is 12.3 Å². The average molecular weight is 316 g/mol.